The minimum absolute atomic E-state index is 0.103. The smallest absolute Gasteiger partial charge is 0.307 e. The molecule has 1 aliphatic heterocycles. The molecule has 1 heterocycles. The van der Waals surface area contributed by atoms with Crippen molar-refractivity contribution in [3.05, 3.63) is 64.1 Å². The standard InChI is InChI=1S/C29H35NO5S2/c1-6-16-34-26(31)14-15-30-27(32)25(37-28(30)36)18-21-10-13-23(24(17-21)33-7-2)35-19-20-8-11-22(12-9-20)29(3,4)5/h8-13,17-18H,6-7,14-16,19H2,1-5H3/b25-18+. The van der Waals surface area contributed by atoms with E-state index in [0.717, 1.165) is 17.5 Å². The second-order valence-electron chi connectivity index (χ2n) is 9.68. The Morgan fingerprint density at radius 1 is 1.05 bits per heavy atom. The highest BCUT2D eigenvalue weighted by Crippen LogP contribution is 2.35. The van der Waals surface area contributed by atoms with Crippen LogP contribution in [0.4, 0.5) is 0 Å². The van der Waals surface area contributed by atoms with E-state index in [9.17, 15) is 9.59 Å². The van der Waals surface area contributed by atoms with Gasteiger partial charge in [0.05, 0.1) is 24.5 Å². The first-order chi connectivity index (χ1) is 17.6. The summed E-state index contributed by atoms with van der Waals surface area (Å²) in [6.45, 7) is 11.9. The Hall–Kier alpha value is -2.84. The minimum atomic E-state index is -0.332. The minimum Gasteiger partial charge on any atom is -0.490 e. The largest absolute Gasteiger partial charge is 0.490 e. The highest BCUT2D eigenvalue weighted by Gasteiger charge is 2.32. The van der Waals surface area contributed by atoms with Crippen molar-refractivity contribution < 1.29 is 23.8 Å². The lowest BCUT2D eigenvalue weighted by atomic mass is 9.87. The average Bonchev–Trinajstić information content (AvgIpc) is 3.12. The van der Waals surface area contributed by atoms with Crippen molar-refractivity contribution >= 4 is 46.3 Å². The lowest BCUT2D eigenvalue weighted by Gasteiger charge is -2.19. The Labute approximate surface area is 229 Å². The van der Waals surface area contributed by atoms with E-state index in [4.69, 9.17) is 26.4 Å². The molecule has 8 heteroatoms. The number of amides is 1. The summed E-state index contributed by atoms with van der Waals surface area (Å²) in [6.07, 6.45) is 2.65. The van der Waals surface area contributed by atoms with E-state index in [2.05, 4.69) is 45.0 Å². The molecule has 0 aliphatic carbocycles. The van der Waals surface area contributed by atoms with Crippen molar-refractivity contribution in [1.29, 1.82) is 0 Å². The molecule has 0 unspecified atom stereocenters. The Bertz CT molecular complexity index is 1150. The molecule has 3 rings (SSSR count). The molecule has 1 fully saturated rings. The molecule has 2 aromatic rings. The maximum atomic E-state index is 12.9. The fraction of sp³-hybridized carbons (Fsp3) is 0.414. The highest BCUT2D eigenvalue weighted by atomic mass is 32.2. The van der Waals surface area contributed by atoms with E-state index >= 15 is 0 Å². The van der Waals surface area contributed by atoms with E-state index in [0.29, 0.717) is 40.5 Å². The van der Waals surface area contributed by atoms with Crippen LogP contribution in [0.2, 0.25) is 0 Å². The number of thioether (sulfide) groups is 1. The molecular formula is C29H35NO5S2. The zero-order chi connectivity index (χ0) is 27.0. The summed E-state index contributed by atoms with van der Waals surface area (Å²) in [5.74, 6) is 0.700. The molecule has 198 valence electrons. The van der Waals surface area contributed by atoms with Gasteiger partial charge < -0.3 is 14.2 Å². The molecule has 0 atom stereocenters. The SMILES string of the molecule is CCCOC(=O)CCN1C(=O)/C(=C\c2ccc(OCc3ccc(C(C)(C)C)cc3)c(OCC)c2)SC1=S. The van der Waals surface area contributed by atoms with Crippen molar-refractivity contribution in [1.82, 2.24) is 4.90 Å². The van der Waals surface area contributed by atoms with Gasteiger partial charge in [0.1, 0.15) is 10.9 Å². The van der Waals surface area contributed by atoms with Crippen molar-refractivity contribution in [3.8, 4) is 11.5 Å². The normalized spacial score (nSPS) is 14.8. The Balaban J connectivity index is 1.68. The zero-order valence-corrected chi connectivity index (χ0v) is 23.8. The van der Waals surface area contributed by atoms with Gasteiger partial charge in [-0.25, -0.2) is 0 Å². The van der Waals surface area contributed by atoms with E-state index in [1.165, 1.54) is 22.2 Å². The van der Waals surface area contributed by atoms with Gasteiger partial charge in [-0.05, 0) is 53.7 Å². The Morgan fingerprint density at radius 3 is 2.43 bits per heavy atom. The van der Waals surface area contributed by atoms with Gasteiger partial charge in [0, 0.05) is 6.54 Å². The number of nitrogens with zero attached hydrogens (tertiary/aromatic N) is 1. The maximum absolute atomic E-state index is 12.9. The molecule has 6 nitrogen and oxygen atoms in total. The number of esters is 1. The van der Waals surface area contributed by atoms with Gasteiger partial charge >= 0.3 is 5.97 Å². The van der Waals surface area contributed by atoms with Crippen LogP contribution in [0.1, 0.15) is 64.2 Å². The van der Waals surface area contributed by atoms with Gasteiger partial charge in [0.2, 0.25) is 0 Å². The first kappa shape index (κ1) is 28.7. The van der Waals surface area contributed by atoms with Crippen LogP contribution in [-0.2, 0) is 26.3 Å². The summed E-state index contributed by atoms with van der Waals surface area (Å²) in [6, 6.07) is 14.0. The first-order valence-electron chi connectivity index (χ1n) is 12.5. The zero-order valence-electron chi connectivity index (χ0n) is 22.2. The molecule has 2 aromatic carbocycles. The van der Waals surface area contributed by atoms with Gasteiger partial charge in [0.25, 0.3) is 5.91 Å². The fourth-order valence-corrected chi connectivity index (χ4v) is 4.91. The third kappa shape index (κ3) is 8.07. The predicted octanol–water partition coefficient (Wildman–Crippen LogP) is 6.51. The lowest BCUT2D eigenvalue weighted by molar-refractivity contribution is -0.143. The second kappa shape index (κ2) is 13.1. The van der Waals surface area contributed by atoms with Gasteiger partial charge in [-0.2, -0.15) is 0 Å². The second-order valence-corrected chi connectivity index (χ2v) is 11.4. The van der Waals surface area contributed by atoms with Crippen molar-refractivity contribution in [3.63, 3.8) is 0 Å². The Morgan fingerprint density at radius 2 is 1.78 bits per heavy atom. The van der Waals surface area contributed by atoms with Crippen LogP contribution in [0.25, 0.3) is 6.08 Å². The monoisotopic (exact) mass is 541 g/mol. The summed E-state index contributed by atoms with van der Waals surface area (Å²) in [5, 5.41) is 0. The molecule has 0 spiro atoms. The molecule has 1 aliphatic rings. The first-order valence-corrected chi connectivity index (χ1v) is 13.7. The summed E-state index contributed by atoms with van der Waals surface area (Å²) in [4.78, 5) is 26.7. The van der Waals surface area contributed by atoms with Crippen LogP contribution in [0.5, 0.6) is 11.5 Å². The van der Waals surface area contributed by atoms with Gasteiger partial charge in [0.15, 0.2) is 11.5 Å². The third-order valence-corrected chi connectivity index (χ3v) is 7.04. The number of hydrogen-bond acceptors (Lipinski definition) is 7. The van der Waals surface area contributed by atoms with Crippen LogP contribution in [0, 0.1) is 0 Å². The summed E-state index contributed by atoms with van der Waals surface area (Å²) < 4.78 is 17.4. The molecular weight excluding hydrogens is 506 g/mol. The molecule has 0 saturated carbocycles. The van der Waals surface area contributed by atoms with E-state index in [1.807, 2.05) is 32.0 Å². The van der Waals surface area contributed by atoms with Crippen LogP contribution in [-0.4, -0.2) is 40.9 Å². The lowest BCUT2D eigenvalue weighted by Crippen LogP contribution is -2.30. The number of rotatable bonds is 11. The highest BCUT2D eigenvalue weighted by molar-refractivity contribution is 8.26. The van der Waals surface area contributed by atoms with E-state index < -0.39 is 0 Å². The number of ether oxygens (including phenoxy) is 3. The number of carbonyl (C=O) groups is 2. The van der Waals surface area contributed by atoms with Crippen molar-refractivity contribution in [2.24, 2.45) is 0 Å². The van der Waals surface area contributed by atoms with Crippen LogP contribution >= 0.6 is 24.0 Å². The molecule has 37 heavy (non-hydrogen) atoms. The molecule has 1 amide bonds. The van der Waals surface area contributed by atoms with Crippen LogP contribution in [0.3, 0.4) is 0 Å². The fourth-order valence-electron chi connectivity index (χ4n) is 3.60. The number of carbonyl (C=O) groups excluding carboxylic acids is 2. The predicted molar refractivity (Wildman–Crippen MR) is 153 cm³/mol. The third-order valence-electron chi connectivity index (χ3n) is 5.66. The van der Waals surface area contributed by atoms with Gasteiger partial charge in [-0.15, -0.1) is 0 Å². The van der Waals surface area contributed by atoms with Gasteiger partial charge in [-0.3, -0.25) is 14.5 Å². The molecule has 0 bridgehead atoms. The quantitative estimate of drug-likeness (QED) is 0.183. The van der Waals surface area contributed by atoms with E-state index in [-0.39, 0.29) is 30.3 Å². The van der Waals surface area contributed by atoms with Gasteiger partial charge in [-0.1, -0.05) is 82.0 Å². The summed E-state index contributed by atoms with van der Waals surface area (Å²) in [7, 11) is 0. The van der Waals surface area contributed by atoms with E-state index in [1.54, 1.807) is 6.08 Å². The number of benzene rings is 2. The van der Waals surface area contributed by atoms with Crippen molar-refractivity contribution in [2.45, 2.75) is 59.5 Å². The molecule has 1 saturated heterocycles. The molecule has 0 N–H and O–H groups in total. The number of hydrogen-bond donors (Lipinski definition) is 0. The summed E-state index contributed by atoms with van der Waals surface area (Å²) in [5.41, 5.74) is 3.25. The molecule has 0 radical (unpaired) electrons. The maximum Gasteiger partial charge on any atom is 0.307 e. The molecule has 0 aromatic heterocycles. The topological polar surface area (TPSA) is 65.1 Å². The summed E-state index contributed by atoms with van der Waals surface area (Å²) >= 11 is 6.60. The van der Waals surface area contributed by atoms with Crippen LogP contribution < -0.4 is 9.47 Å². The van der Waals surface area contributed by atoms with Crippen molar-refractivity contribution in [2.75, 3.05) is 19.8 Å². The Kier molecular flexibility index (Phi) is 10.2. The number of thiocarbonyl (C=S) groups is 1. The average molecular weight is 542 g/mol. The van der Waals surface area contributed by atoms with Crippen LogP contribution in [0.15, 0.2) is 47.4 Å².